The normalized spacial score (nSPS) is 15.3. The molecule has 2 aliphatic carbocycles. The topological polar surface area (TPSA) is 3.24 Å². The summed E-state index contributed by atoms with van der Waals surface area (Å²) in [5.74, 6) is 0. The lowest BCUT2D eigenvalue weighted by Gasteiger charge is -2.30. The van der Waals surface area contributed by atoms with Crippen molar-refractivity contribution in [1.29, 1.82) is 0 Å². The zero-order valence-electron chi connectivity index (χ0n) is 36.4. The highest BCUT2D eigenvalue weighted by Crippen LogP contribution is 2.55. The van der Waals surface area contributed by atoms with Crippen molar-refractivity contribution in [2.24, 2.45) is 0 Å². The maximum atomic E-state index is 2.47. The van der Waals surface area contributed by atoms with Crippen LogP contribution in [0.1, 0.15) is 48.6 Å². The van der Waals surface area contributed by atoms with Gasteiger partial charge in [0, 0.05) is 27.8 Å². The predicted molar refractivity (Wildman–Crippen MR) is 270 cm³/mol. The van der Waals surface area contributed by atoms with Crippen LogP contribution in [-0.2, 0) is 10.8 Å². The maximum absolute atomic E-state index is 2.47. The molecule has 0 spiro atoms. The van der Waals surface area contributed by atoms with Crippen LogP contribution in [0.3, 0.4) is 0 Å². The highest BCUT2D eigenvalue weighted by Gasteiger charge is 2.41. The minimum Gasteiger partial charge on any atom is -0.310 e. The summed E-state index contributed by atoms with van der Waals surface area (Å²) < 4.78 is 0. The van der Waals surface area contributed by atoms with E-state index in [0.717, 1.165) is 17.1 Å². The van der Waals surface area contributed by atoms with E-state index in [9.17, 15) is 0 Å². The zero-order valence-corrected chi connectivity index (χ0v) is 36.4. The number of anilines is 3. The monoisotopic (exact) mass is 817 g/mol. The molecule has 0 aromatic heterocycles. The van der Waals surface area contributed by atoms with Gasteiger partial charge in [-0.1, -0.05) is 208 Å². The van der Waals surface area contributed by atoms with Crippen molar-refractivity contribution >= 4 is 27.8 Å². The van der Waals surface area contributed by atoms with Crippen LogP contribution in [0.15, 0.2) is 231 Å². The van der Waals surface area contributed by atoms with E-state index < -0.39 is 0 Å². The molecule has 0 radical (unpaired) electrons. The molecule has 0 amide bonds. The van der Waals surface area contributed by atoms with Crippen LogP contribution in [-0.4, -0.2) is 0 Å². The molecule has 1 unspecified atom stereocenters. The molecular weight excluding hydrogens is 771 g/mol. The third-order valence-electron chi connectivity index (χ3n) is 14.3. The Balaban J connectivity index is 1.02. The van der Waals surface area contributed by atoms with Crippen molar-refractivity contribution in [3.8, 4) is 55.6 Å². The van der Waals surface area contributed by atoms with Gasteiger partial charge in [-0.15, -0.1) is 0 Å². The summed E-state index contributed by atoms with van der Waals surface area (Å²) in [5.41, 5.74) is 22.3. The molecule has 1 nitrogen and oxygen atoms in total. The van der Waals surface area contributed by atoms with Gasteiger partial charge in [-0.3, -0.25) is 0 Å². The second-order valence-electron chi connectivity index (χ2n) is 18.2. The van der Waals surface area contributed by atoms with E-state index in [2.05, 4.69) is 256 Å². The number of fused-ring (bicyclic) bond motifs is 7. The van der Waals surface area contributed by atoms with Crippen LogP contribution in [0.2, 0.25) is 0 Å². The SMILES string of the molecule is CC1(C)c2ccccc2-c2cccc(-c3cccc(N(c4ccc(-c5ccc6c(c5)C(C)(c5ccccc5)c5ccccc5-6)cc4)c4ccc5ccccc5c4-c4ccccc4)c3)c21. The molecule has 10 aromatic carbocycles. The second kappa shape index (κ2) is 14.7. The van der Waals surface area contributed by atoms with Gasteiger partial charge in [0.2, 0.25) is 0 Å². The van der Waals surface area contributed by atoms with Gasteiger partial charge in [-0.2, -0.15) is 0 Å². The molecule has 0 aliphatic heterocycles. The minimum absolute atomic E-state index is 0.133. The van der Waals surface area contributed by atoms with E-state index in [1.807, 2.05) is 0 Å². The van der Waals surface area contributed by atoms with Crippen molar-refractivity contribution in [3.05, 3.63) is 258 Å². The van der Waals surface area contributed by atoms with Crippen molar-refractivity contribution in [2.45, 2.75) is 31.6 Å². The first-order chi connectivity index (χ1) is 31.4. The fourth-order valence-electron chi connectivity index (χ4n) is 11.2. The summed E-state index contributed by atoms with van der Waals surface area (Å²) in [6, 6.07) is 85.4. The average Bonchev–Trinajstić information content (AvgIpc) is 3.76. The highest BCUT2D eigenvalue weighted by molar-refractivity contribution is 6.05. The smallest absolute Gasteiger partial charge is 0.0546 e. The molecule has 12 rings (SSSR count). The van der Waals surface area contributed by atoms with Crippen LogP contribution < -0.4 is 4.90 Å². The largest absolute Gasteiger partial charge is 0.310 e. The molecule has 304 valence electrons. The molecule has 0 saturated heterocycles. The first-order valence-corrected chi connectivity index (χ1v) is 22.5. The van der Waals surface area contributed by atoms with E-state index in [4.69, 9.17) is 0 Å². The Hall–Kier alpha value is -7.74. The molecule has 0 heterocycles. The van der Waals surface area contributed by atoms with Crippen LogP contribution in [0, 0.1) is 0 Å². The Kier molecular flexibility index (Phi) is 8.71. The van der Waals surface area contributed by atoms with Gasteiger partial charge < -0.3 is 4.90 Å². The van der Waals surface area contributed by atoms with Crippen molar-refractivity contribution in [1.82, 2.24) is 0 Å². The quantitative estimate of drug-likeness (QED) is 0.155. The predicted octanol–water partition coefficient (Wildman–Crippen LogP) is 17.0. The second-order valence-corrected chi connectivity index (χ2v) is 18.2. The third-order valence-corrected chi connectivity index (χ3v) is 14.3. The van der Waals surface area contributed by atoms with Gasteiger partial charge >= 0.3 is 0 Å². The van der Waals surface area contributed by atoms with Gasteiger partial charge in [0.25, 0.3) is 0 Å². The molecule has 0 fully saturated rings. The average molecular weight is 818 g/mol. The fraction of sp³-hybridized carbons (Fsp3) is 0.0794. The van der Waals surface area contributed by atoms with Crippen molar-refractivity contribution < 1.29 is 0 Å². The van der Waals surface area contributed by atoms with Crippen LogP contribution >= 0.6 is 0 Å². The van der Waals surface area contributed by atoms with Gasteiger partial charge in [0.05, 0.1) is 5.69 Å². The molecule has 64 heavy (non-hydrogen) atoms. The Morgan fingerprint density at radius 2 is 0.938 bits per heavy atom. The molecule has 0 N–H and O–H groups in total. The summed E-state index contributed by atoms with van der Waals surface area (Å²) >= 11 is 0. The fourth-order valence-corrected chi connectivity index (χ4v) is 11.2. The Morgan fingerprint density at radius 3 is 1.73 bits per heavy atom. The van der Waals surface area contributed by atoms with Crippen molar-refractivity contribution in [3.63, 3.8) is 0 Å². The molecule has 10 aromatic rings. The number of hydrogen-bond donors (Lipinski definition) is 0. The van der Waals surface area contributed by atoms with Crippen LogP contribution in [0.5, 0.6) is 0 Å². The van der Waals surface area contributed by atoms with E-state index >= 15 is 0 Å². The summed E-state index contributed by atoms with van der Waals surface area (Å²) in [6.07, 6.45) is 0. The van der Waals surface area contributed by atoms with E-state index in [-0.39, 0.29) is 10.8 Å². The first-order valence-electron chi connectivity index (χ1n) is 22.5. The standard InChI is InChI=1S/C63H47N/c1-62(2)56-30-14-12-27-53(56)55-29-17-28-51(61(55)62)46-21-16-24-49(40-46)64(59-39-35-43-18-10-11-25-50(43)60(59)44-19-6-4-7-20-44)48-36-32-42(33-37-48)45-34-38-54-52-26-13-15-31-57(52)63(3,58(54)41-45)47-22-8-5-9-23-47/h4-41H,1-3H3. The van der Waals surface area contributed by atoms with Crippen LogP contribution in [0.25, 0.3) is 66.4 Å². The lowest BCUT2D eigenvalue weighted by Crippen LogP contribution is -2.22. The third kappa shape index (κ3) is 5.77. The van der Waals surface area contributed by atoms with Crippen LogP contribution in [0.4, 0.5) is 17.1 Å². The Bertz CT molecular complexity index is 3410. The number of nitrogens with zero attached hydrogens (tertiary/aromatic N) is 1. The van der Waals surface area contributed by atoms with E-state index in [1.54, 1.807) is 0 Å². The minimum atomic E-state index is -0.258. The molecule has 2 aliphatic rings. The lowest BCUT2D eigenvalue weighted by atomic mass is 9.74. The number of rotatable bonds is 7. The molecule has 1 atom stereocenters. The first kappa shape index (κ1) is 38.0. The number of hydrogen-bond acceptors (Lipinski definition) is 1. The van der Waals surface area contributed by atoms with Gasteiger partial charge in [0.1, 0.15) is 0 Å². The highest BCUT2D eigenvalue weighted by atomic mass is 15.1. The van der Waals surface area contributed by atoms with Crippen molar-refractivity contribution in [2.75, 3.05) is 4.90 Å². The van der Waals surface area contributed by atoms with Gasteiger partial charge in [-0.25, -0.2) is 0 Å². The summed E-state index contributed by atoms with van der Waals surface area (Å²) in [5, 5.41) is 2.45. The zero-order chi connectivity index (χ0) is 43.0. The molecule has 1 heteroatoms. The number of benzene rings is 10. The Labute approximate surface area is 376 Å². The van der Waals surface area contributed by atoms with E-state index in [1.165, 1.54) is 94.2 Å². The summed E-state index contributed by atoms with van der Waals surface area (Å²) in [6.45, 7) is 7.15. The maximum Gasteiger partial charge on any atom is 0.0546 e. The van der Waals surface area contributed by atoms with E-state index in [0.29, 0.717) is 0 Å². The molecular formula is C63H47N. The Morgan fingerprint density at radius 1 is 0.344 bits per heavy atom. The molecule has 0 saturated carbocycles. The summed E-state index contributed by atoms with van der Waals surface area (Å²) in [4.78, 5) is 2.47. The van der Waals surface area contributed by atoms with Gasteiger partial charge in [-0.05, 0) is 132 Å². The summed E-state index contributed by atoms with van der Waals surface area (Å²) in [7, 11) is 0. The lowest BCUT2D eigenvalue weighted by molar-refractivity contribution is 0.662. The van der Waals surface area contributed by atoms with Gasteiger partial charge in [0.15, 0.2) is 0 Å². The molecule has 0 bridgehead atoms.